The zero-order valence-corrected chi connectivity index (χ0v) is 16.3. The van der Waals surface area contributed by atoms with Gasteiger partial charge in [0.15, 0.2) is 0 Å². The lowest BCUT2D eigenvalue weighted by Gasteiger charge is -2.36. The molecule has 0 aliphatic carbocycles. The number of nitrogens with one attached hydrogen (secondary N) is 1. The average Bonchev–Trinajstić information content (AvgIpc) is 3.24. The number of nitrogens with zero attached hydrogens (tertiary/aromatic N) is 4. The largest absolute Gasteiger partial charge is 0.352 e. The molecule has 3 heterocycles. The van der Waals surface area contributed by atoms with Gasteiger partial charge in [-0.2, -0.15) is 5.10 Å². The van der Waals surface area contributed by atoms with Gasteiger partial charge in [0.25, 0.3) is 0 Å². The number of hydrogen-bond acceptors (Lipinski definition) is 4. The summed E-state index contributed by atoms with van der Waals surface area (Å²) in [6.45, 7) is 6.14. The van der Waals surface area contributed by atoms with Crippen molar-refractivity contribution < 1.29 is 4.79 Å². The molecule has 0 aromatic carbocycles. The number of hydrogen-bond donors (Lipinski definition) is 1. The van der Waals surface area contributed by atoms with Gasteiger partial charge < -0.3 is 10.2 Å². The molecule has 0 spiro atoms. The van der Waals surface area contributed by atoms with Crippen molar-refractivity contribution in [1.82, 2.24) is 25.0 Å². The Balaban J connectivity index is 1.29. The molecular weight excluding hydrogens is 338 g/mol. The van der Waals surface area contributed by atoms with Crippen LogP contribution in [-0.4, -0.2) is 44.7 Å². The topological polar surface area (TPSA) is 63.1 Å². The van der Waals surface area contributed by atoms with E-state index in [1.165, 1.54) is 12.8 Å². The lowest BCUT2D eigenvalue weighted by Crippen LogP contribution is -2.40. The third kappa shape index (κ3) is 6.47. The van der Waals surface area contributed by atoms with E-state index in [2.05, 4.69) is 27.2 Å². The molecule has 1 N–H and O–H groups in total. The lowest BCUT2D eigenvalue weighted by atomic mass is 9.91. The van der Waals surface area contributed by atoms with Gasteiger partial charge in [-0.3, -0.25) is 14.5 Å². The van der Waals surface area contributed by atoms with Gasteiger partial charge in [-0.1, -0.05) is 6.07 Å². The van der Waals surface area contributed by atoms with Crippen molar-refractivity contribution in [2.45, 2.75) is 58.2 Å². The summed E-state index contributed by atoms with van der Waals surface area (Å²) in [5.74, 6) is 0.817. The van der Waals surface area contributed by atoms with Gasteiger partial charge in [-0.15, -0.1) is 0 Å². The smallest absolute Gasteiger partial charge is 0.220 e. The van der Waals surface area contributed by atoms with Crippen molar-refractivity contribution in [2.24, 2.45) is 5.92 Å². The van der Waals surface area contributed by atoms with Gasteiger partial charge in [0, 0.05) is 50.3 Å². The second-order valence-electron chi connectivity index (χ2n) is 7.56. The molecule has 2 aromatic rings. The number of amides is 1. The van der Waals surface area contributed by atoms with Crippen LogP contribution in [0.25, 0.3) is 0 Å². The first kappa shape index (κ1) is 19.5. The maximum Gasteiger partial charge on any atom is 0.220 e. The molecule has 27 heavy (non-hydrogen) atoms. The fourth-order valence-electron chi connectivity index (χ4n) is 3.74. The summed E-state index contributed by atoms with van der Waals surface area (Å²) in [7, 11) is 0. The number of piperidine rings is 1. The SMILES string of the molecule is CC(CCn1cccn1)N1CCC(CCC(=O)NCc2cccnc2)CC1. The number of rotatable bonds is 9. The van der Waals surface area contributed by atoms with Crippen LogP contribution in [0.4, 0.5) is 0 Å². The number of aryl methyl sites for hydroxylation is 1. The quantitative estimate of drug-likeness (QED) is 0.738. The minimum absolute atomic E-state index is 0.147. The molecule has 1 unspecified atom stereocenters. The van der Waals surface area contributed by atoms with Crippen LogP contribution in [0.1, 0.15) is 44.6 Å². The first-order valence-corrected chi connectivity index (χ1v) is 10.1. The van der Waals surface area contributed by atoms with Gasteiger partial charge in [-0.25, -0.2) is 0 Å². The van der Waals surface area contributed by atoms with Gasteiger partial charge in [0.1, 0.15) is 0 Å². The van der Waals surface area contributed by atoms with Crippen LogP contribution < -0.4 is 5.32 Å². The van der Waals surface area contributed by atoms with Crippen molar-refractivity contribution in [1.29, 1.82) is 0 Å². The number of pyridine rings is 1. The van der Waals surface area contributed by atoms with Crippen molar-refractivity contribution >= 4 is 5.91 Å². The van der Waals surface area contributed by atoms with Gasteiger partial charge in [0.05, 0.1) is 0 Å². The molecule has 1 aliphatic rings. The van der Waals surface area contributed by atoms with Crippen molar-refractivity contribution in [3.8, 4) is 0 Å². The van der Waals surface area contributed by atoms with Crippen LogP contribution in [-0.2, 0) is 17.9 Å². The molecule has 1 amide bonds. The highest BCUT2D eigenvalue weighted by Crippen LogP contribution is 2.24. The molecule has 1 aliphatic heterocycles. The van der Waals surface area contributed by atoms with E-state index in [0.717, 1.165) is 38.0 Å². The Labute approximate surface area is 162 Å². The van der Waals surface area contributed by atoms with Crippen LogP contribution in [0.5, 0.6) is 0 Å². The van der Waals surface area contributed by atoms with Crippen LogP contribution in [0.3, 0.4) is 0 Å². The predicted molar refractivity (Wildman–Crippen MR) is 106 cm³/mol. The minimum atomic E-state index is 0.147. The maximum atomic E-state index is 12.1. The molecule has 146 valence electrons. The summed E-state index contributed by atoms with van der Waals surface area (Å²) in [4.78, 5) is 18.7. The highest BCUT2D eigenvalue weighted by molar-refractivity contribution is 5.75. The highest BCUT2D eigenvalue weighted by Gasteiger charge is 2.23. The molecule has 1 fully saturated rings. The number of carbonyl (C=O) groups is 1. The molecule has 0 saturated carbocycles. The normalized spacial score (nSPS) is 16.9. The van der Waals surface area contributed by atoms with E-state index < -0.39 is 0 Å². The third-order valence-electron chi connectivity index (χ3n) is 5.60. The first-order valence-electron chi connectivity index (χ1n) is 10.1. The summed E-state index contributed by atoms with van der Waals surface area (Å²) in [5.41, 5.74) is 1.04. The van der Waals surface area contributed by atoms with E-state index >= 15 is 0 Å². The van der Waals surface area contributed by atoms with Crippen LogP contribution >= 0.6 is 0 Å². The Morgan fingerprint density at radius 1 is 1.30 bits per heavy atom. The van der Waals surface area contributed by atoms with Crippen LogP contribution in [0.15, 0.2) is 43.0 Å². The fraction of sp³-hybridized carbons (Fsp3) is 0.571. The first-order chi connectivity index (χ1) is 13.2. The maximum absolute atomic E-state index is 12.1. The van der Waals surface area contributed by atoms with E-state index in [4.69, 9.17) is 0 Å². The zero-order valence-electron chi connectivity index (χ0n) is 16.3. The van der Waals surface area contributed by atoms with Crippen molar-refractivity contribution in [2.75, 3.05) is 13.1 Å². The Morgan fingerprint density at radius 3 is 2.85 bits per heavy atom. The van der Waals surface area contributed by atoms with E-state index in [9.17, 15) is 4.79 Å². The Morgan fingerprint density at radius 2 is 2.15 bits per heavy atom. The molecule has 3 rings (SSSR count). The summed E-state index contributed by atoms with van der Waals surface area (Å²) in [5, 5.41) is 7.28. The fourth-order valence-corrected chi connectivity index (χ4v) is 3.74. The number of carbonyl (C=O) groups excluding carboxylic acids is 1. The van der Waals surface area contributed by atoms with Crippen molar-refractivity contribution in [3.05, 3.63) is 48.5 Å². The van der Waals surface area contributed by atoms with E-state index in [1.54, 1.807) is 12.4 Å². The molecule has 2 aromatic heterocycles. The van der Waals surface area contributed by atoms with Gasteiger partial charge >= 0.3 is 0 Å². The Hall–Kier alpha value is -2.21. The van der Waals surface area contributed by atoms with Crippen LogP contribution in [0, 0.1) is 5.92 Å². The monoisotopic (exact) mass is 369 g/mol. The van der Waals surface area contributed by atoms with Crippen LogP contribution in [0.2, 0.25) is 0 Å². The summed E-state index contributed by atoms with van der Waals surface area (Å²) in [6, 6.07) is 6.43. The molecular formula is C21H31N5O. The minimum Gasteiger partial charge on any atom is -0.352 e. The average molecular weight is 370 g/mol. The van der Waals surface area contributed by atoms with Crippen molar-refractivity contribution in [3.63, 3.8) is 0 Å². The third-order valence-corrected chi connectivity index (χ3v) is 5.60. The highest BCUT2D eigenvalue weighted by atomic mass is 16.1. The number of likely N-dealkylation sites (tertiary alicyclic amines) is 1. The molecule has 0 radical (unpaired) electrons. The van der Waals surface area contributed by atoms with Gasteiger partial charge in [0.2, 0.25) is 5.91 Å². The lowest BCUT2D eigenvalue weighted by molar-refractivity contribution is -0.121. The van der Waals surface area contributed by atoms with E-state index in [-0.39, 0.29) is 5.91 Å². The Kier molecular flexibility index (Phi) is 7.39. The second kappa shape index (κ2) is 10.2. The van der Waals surface area contributed by atoms with E-state index in [1.807, 2.05) is 35.3 Å². The number of aromatic nitrogens is 3. The molecule has 1 atom stereocenters. The van der Waals surface area contributed by atoms with Gasteiger partial charge in [-0.05, 0) is 69.3 Å². The Bertz CT molecular complexity index is 665. The molecule has 6 heteroatoms. The zero-order chi connectivity index (χ0) is 18.9. The predicted octanol–water partition coefficient (Wildman–Crippen LogP) is 2.87. The molecule has 0 bridgehead atoms. The molecule has 1 saturated heterocycles. The summed E-state index contributed by atoms with van der Waals surface area (Å²) in [6.07, 6.45) is 12.5. The second-order valence-corrected chi connectivity index (χ2v) is 7.56. The summed E-state index contributed by atoms with van der Waals surface area (Å²) >= 11 is 0. The van der Waals surface area contributed by atoms with E-state index in [0.29, 0.717) is 24.9 Å². The standard InChI is InChI=1S/C21H31N5O/c1-18(7-15-26-12-3-11-24-26)25-13-8-19(9-14-25)5-6-21(27)23-17-20-4-2-10-22-16-20/h2-4,10-12,16,18-19H,5-9,13-15,17H2,1H3,(H,23,27). The molecule has 6 nitrogen and oxygen atoms in total. The summed E-state index contributed by atoms with van der Waals surface area (Å²) < 4.78 is 2.01.